The summed E-state index contributed by atoms with van der Waals surface area (Å²) >= 11 is 0. The van der Waals surface area contributed by atoms with Gasteiger partial charge in [-0.25, -0.2) is 4.79 Å². The summed E-state index contributed by atoms with van der Waals surface area (Å²) in [6.45, 7) is 5.84. The average molecular weight is 553 g/mol. The Kier molecular flexibility index (Phi) is 17.4. The first-order valence-electron chi connectivity index (χ1n) is 16.2. The van der Waals surface area contributed by atoms with Crippen LogP contribution in [0.4, 0.5) is 0 Å². The number of hydrogen-bond acceptors (Lipinski definition) is 3. The summed E-state index contributed by atoms with van der Waals surface area (Å²) in [6.07, 6.45) is 19.3. The van der Waals surface area contributed by atoms with Gasteiger partial charge in [0.05, 0.1) is 14.1 Å². The van der Waals surface area contributed by atoms with Crippen LogP contribution in [0, 0.1) is 0 Å². The van der Waals surface area contributed by atoms with E-state index in [0.29, 0.717) is 11.1 Å². The molecule has 0 spiro atoms. The van der Waals surface area contributed by atoms with Crippen LogP contribution in [0.3, 0.4) is 0 Å². The second kappa shape index (κ2) is 20.5. The molecule has 2 aromatic carbocycles. The molecule has 4 nitrogen and oxygen atoms in total. The zero-order valence-electron chi connectivity index (χ0n) is 26.2. The monoisotopic (exact) mass is 552 g/mol. The van der Waals surface area contributed by atoms with Crippen LogP contribution >= 0.6 is 0 Å². The first kappa shape index (κ1) is 33.9. The smallest absolute Gasteiger partial charge is 0.365 e. The third-order valence-corrected chi connectivity index (χ3v) is 7.92. The van der Waals surface area contributed by atoms with Crippen molar-refractivity contribution >= 4 is 5.97 Å². The molecule has 1 atom stereocenters. The van der Waals surface area contributed by atoms with Crippen molar-refractivity contribution in [2.75, 3.05) is 27.3 Å². The van der Waals surface area contributed by atoms with Gasteiger partial charge < -0.3 is 14.0 Å². The second-order valence-electron chi connectivity index (χ2n) is 12.0. The lowest BCUT2D eigenvalue weighted by Gasteiger charge is -2.36. The Morgan fingerprint density at radius 1 is 0.700 bits per heavy atom. The Morgan fingerprint density at radius 2 is 1.30 bits per heavy atom. The van der Waals surface area contributed by atoms with Crippen molar-refractivity contribution in [3.8, 4) is 5.75 Å². The SMILES string of the molecule is CCCCCCCCCCCCCCc1cccc(OCCOC(=O)C(CCC)[N+](C)(C)Cc2ccccc2)c1. The minimum atomic E-state index is -0.191. The summed E-state index contributed by atoms with van der Waals surface area (Å²) in [5.41, 5.74) is 2.55. The van der Waals surface area contributed by atoms with Gasteiger partial charge in [0.2, 0.25) is 0 Å². The summed E-state index contributed by atoms with van der Waals surface area (Å²) in [6, 6.07) is 18.6. The lowest BCUT2D eigenvalue weighted by molar-refractivity contribution is -0.920. The van der Waals surface area contributed by atoms with E-state index in [1.807, 2.05) is 24.3 Å². The maximum Gasteiger partial charge on any atom is 0.365 e. The van der Waals surface area contributed by atoms with Gasteiger partial charge in [-0.15, -0.1) is 0 Å². The molecule has 0 bridgehead atoms. The van der Waals surface area contributed by atoms with Crippen molar-refractivity contribution in [1.29, 1.82) is 0 Å². The molecule has 0 aromatic heterocycles. The number of ether oxygens (including phenoxy) is 2. The van der Waals surface area contributed by atoms with Crippen molar-refractivity contribution in [1.82, 2.24) is 0 Å². The van der Waals surface area contributed by atoms with Crippen LogP contribution in [0.15, 0.2) is 54.6 Å². The van der Waals surface area contributed by atoms with E-state index in [2.05, 4.69) is 58.3 Å². The van der Waals surface area contributed by atoms with Crippen LogP contribution in [0.2, 0.25) is 0 Å². The molecule has 1 unspecified atom stereocenters. The van der Waals surface area contributed by atoms with Gasteiger partial charge >= 0.3 is 5.97 Å². The largest absolute Gasteiger partial charge is 0.490 e. The van der Waals surface area contributed by atoms with Crippen LogP contribution in [0.5, 0.6) is 5.75 Å². The molecular weight excluding hydrogens is 494 g/mol. The predicted molar refractivity (Wildman–Crippen MR) is 169 cm³/mol. The number of rotatable bonds is 23. The van der Waals surface area contributed by atoms with Crippen molar-refractivity contribution in [3.63, 3.8) is 0 Å². The summed E-state index contributed by atoms with van der Waals surface area (Å²) in [5, 5.41) is 0. The fraction of sp³-hybridized carbons (Fsp3) is 0.639. The van der Waals surface area contributed by atoms with Gasteiger partial charge in [0.1, 0.15) is 25.5 Å². The summed E-state index contributed by atoms with van der Waals surface area (Å²) in [7, 11) is 4.24. The van der Waals surface area contributed by atoms with Gasteiger partial charge in [-0.2, -0.15) is 0 Å². The molecule has 4 heteroatoms. The normalized spacial score (nSPS) is 12.3. The highest BCUT2D eigenvalue weighted by Gasteiger charge is 2.35. The van der Waals surface area contributed by atoms with Gasteiger partial charge in [0, 0.05) is 12.0 Å². The molecule has 0 fully saturated rings. The lowest BCUT2D eigenvalue weighted by atomic mass is 10.0. The highest BCUT2D eigenvalue weighted by atomic mass is 16.6. The van der Waals surface area contributed by atoms with Crippen LogP contribution in [-0.2, 0) is 22.5 Å². The van der Waals surface area contributed by atoms with E-state index in [4.69, 9.17) is 9.47 Å². The van der Waals surface area contributed by atoms with E-state index >= 15 is 0 Å². The number of carbonyl (C=O) groups excluding carboxylic acids is 1. The molecule has 0 aliphatic carbocycles. The van der Waals surface area contributed by atoms with Gasteiger partial charge in [-0.3, -0.25) is 0 Å². The highest BCUT2D eigenvalue weighted by molar-refractivity contribution is 5.74. The first-order chi connectivity index (χ1) is 19.5. The van der Waals surface area contributed by atoms with Crippen molar-refractivity contribution < 1.29 is 18.8 Å². The van der Waals surface area contributed by atoms with Crippen molar-refractivity contribution in [2.45, 2.75) is 123 Å². The van der Waals surface area contributed by atoms with Crippen molar-refractivity contribution in [3.05, 3.63) is 65.7 Å². The number of carbonyl (C=O) groups is 1. The molecule has 0 aliphatic rings. The zero-order valence-corrected chi connectivity index (χ0v) is 26.2. The standard InChI is InChI=1S/C36H58NO3/c1-5-7-8-9-10-11-12-13-14-15-16-18-23-32-26-21-27-34(30-32)39-28-29-40-36(38)35(22-6-2)37(3,4)31-33-24-19-17-20-25-33/h17,19-21,24-27,30,35H,5-16,18,22-23,28-29,31H2,1-4H3/q+1. The van der Waals surface area contributed by atoms with Gasteiger partial charge in [-0.05, 0) is 37.0 Å². The van der Waals surface area contributed by atoms with Crippen LogP contribution < -0.4 is 4.74 Å². The highest BCUT2D eigenvalue weighted by Crippen LogP contribution is 2.20. The van der Waals surface area contributed by atoms with Crippen molar-refractivity contribution in [2.24, 2.45) is 0 Å². The van der Waals surface area contributed by atoms with E-state index in [1.165, 1.54) is 88.2 Å². The molecule has 0 heterocycles. The average Bonchev–Trinajstić information content (AvgIpc) is 2.95. The van der Waals surface area contributed by atoms with Gasteiger partial charge in [0.15, 0.2) is 6.04 Å². The number of esters is 1. The molecule has 0 radical (unpaired) electrons. The number of hydrogen-bond donors (Lipinski definition) is 0. The molecule has 0 aliphatic heterocycles. The molecular formula is C36H58NO3+. The number of unbranched alkanes of at least 4 members (excludes halogenated alkanes) is 11. The van der Waals surface area contributed by atoms with E-state index in [-0.39, 0.29) is 18.6 Å². The number of nitrogens with zero attached hydrogens (tertiary/aromatic N) is 1. The van der Waals surface area contributed by atoms with E-state index in [1.54, 1.807) is 0 Å². The Morgan fingerprint density at radius 3 is 1.93 bits per heavy atom. The first-order valence-corrected chi connectivity index (χ1v) is 16.2. The Hall–Kier alpha value is -2.33. The Labute approximate surface area is 246 Å². The number of likely N-dealkylation sites (N-methyl/N-ethyl adjacent to an activating group) is 1. The molecule has 40 heavy (non-hydrogen) atoms. The molecule has 0 amide bonds. The lowest BCUT2D eigenvalue weighted by Crippen LogP contribution is -2.53. The van der Waals surface area contributed by atoms with E-state index < -0.39 is 0 Å². The number of aryl methyl sites for hydroxylation is 1. The summed E-state index contributed by atoms with van der Waals surface area (Å²) < 4.78 is 12.2. The summed E-state index contributed by atoms with van der Waals surface area (Å²) in [4.78, 5) is 13.0. The minimum absolute atomic E-state index is 0.132. The van der Waals surface area contributed by atoms with E-state index in [0.717, 1.165) is 31.6 Å². The molecule has 2 rings (SSSR count). The Bertz CT molecular complexity index is 911. The number of quaternary nitrogens is 1. The fourth-order valence-corrected chi connectivity index (χ4v) is 5.55. The van der Waals surface area contributed by atoms with Crippen LogP contribution in [-0.4, -0.2) is 43.8 Å². The maximum absolute atomic E-state index is 13.0. The minimum Gasteiger partial charge on any atom is -0.490 e. The predicted octanol–water partition coefficient (Wildman–Crippen LogP) is 9.30. The zero-order chi connectivity index (χ0) is 28.9. The molecule has 0 saturated heterocycles. The maximum atomic E-state index is 13.0. The van der Waals surface area contributed by atoms with Crippen LogP contribution in [0.25, 0.3) is 0 Å². The molecule has 2 aromatic rings. The second-order valence-corrected chi connectivity index (χ2v) is 12.0. The fourth-order valence-electron chi connectivity index (χ4n) is 5.55. The van der Waals surface area contributed by atoms with E-state index in [9.17, 15) is 4.79 Å². The summed E-state index contributed by atoms with van der Waals surface area (Å²) in [5.74, 6) is 0.727. The third-order valence-electron chi connectivity index (χ3n) is 7.92. The van der Waals surface area contributed by atoms with Crippen LogP contribution in [0.1, 0.15) is 115 Å². The molecule has 224 valence electrons. The van der Waals surface area contributed by atoms with Gasteiger partial charge in [0.25, 0.3) is 0 Å². The molecule has 0 saturated carbocycles. The number of benzene rings is 2. The topological polar surface area (TPSA) is 35.5 Å². The Balaban J connectivity index is 1.62. The quantitative estimate of drug-likeness (QED) is 0.0783. The van der Waals surface area contributed by atoms with Gasteiger partial charge in [-0.1, -0.05) is 127 Å². The molecule has 0 N–H and O–H groups in total. The third kappa shape index (κ3) is 14.3.